The molecule has 2 nitrogen and oxygen atoms in total. The minimum absolute atomic E-state index is 0.141. The molecule has 0 aliphatic rings. The molecule has 1 heterocycles. The van der Waals surface area contributed by atoms with Crippen molar-refractivity contribution in [3.8, 4) is 10.6 Å². The Labute approximate surface area is 104 Å². The van der Waals surface area contributed by atoms with Crippen molar-refractivity contribution < 1.29 is 13.2 Å². The molecular weight excluding hydrogens is 273 g/mol. The quantitative estimate of drug-likeness (QED) is 0.614. The van der Waals surface area contributed by atoms with E-state index in [0.717, 1.165) is 23.5 Å². The van der Waals surface area contributed by atoms with Crippen LogP contribution in [-0.4, -0.2) is 10.2 Å². The molecule has 7 heteroatoms. The van der Waals surface area contributed by atoms with Gasteiger partial charge in [0.25, 0.3) is 0 Å². The van der Waals surface area contributed by atoms with Crippen molar-refractivity contribution in [2.45, 2.75) is 12.3 Å². The van der Waals surface area contributed by atoms with Gasteiger partial charge in [-0.2, -0.15) is 0 Å². The third kappa shape index (κ3) is 2.42. The van der Waals surface area contributed by atoms with Crippen molar-refractivity contribution >= 4 is 22.9 Å². The molecule has 1 atom stereocenters. The summed E-state index contributed by atoms with van der Waals surface area (Å²) in [5.74, 6) is -4.00. The Hall–Kier alpha value is -1.14. The van der Waals surface area contributed by atoms with Gasteiger partial charge < -0.3 is 0 Å². The molecule has 1 aromatic heterocycles. The summed E-state index contributed by atoms with van der Waals surface area (Å²) in [7, 11) is 0. The smallest absolute Gasteiger partial charge is 0.194 e. The van der Waals surface area contributed by atoms with Crippen LogP contribution in [-0.2, 0) is 0 Å². The maximum atomic E-state index is 13.0. The summed E-state index contributed by atoms with van der Waals surface area (Å²) in [6.45, 7) is 1.71. The highest BCUT2D eigenvalue weighted by Crippen LogP contribution is 2.30. The van der Waals surface area contributed by atoms with Crippen LogP contribution in [0.4, 0.5) is 13.2 Å². The first-order chi connectivity index (χ1) is 7.99. The zero-order chi connectivity index (χ0) is 12.6. The van der Waals surface area contributed by atoms with Crippen LogP contribution < -0.4 is 0 Å². The first-order valence-corrected chi connectivity index (χ1v) is 5.86. The Bertz CT molecular complexity index is 533. The molecule has 0 bridgehead atoms. The van der Waals surface area contributed by atoms with Gasteiger partial charge in [0.15, 0.2) is 17.5 Å². The second kappa shape index (κ2) is 4.62. The van der Waals surface area contributed by atoms with Crippen molar-refractivity contribution in [2.75, 3.05) is 0 Å². The minimum Gasteiger partial charge on any atom is -0.204 e. The lowest BCUT2D eigenvalue weighted by Crippen LogP contribution is -1.91. The summed E-state index contributed by atoms with van der Waals surface area (Å²) >= 11 is 6.90. The summed E-state index contributed by atoms with van der Waals surface area (Å²) in [4.78, 5) is 0. The van der Waals surface area contributed by atoms with Crippen molar-refractivity contribution in [3.63, 3.8) is 0 Å². The van der Waals surface area contributed by atoms with Gasteiger partial charge >= 0.3 is 0 Å². The van der Waals surface area contributed by atoms with E-state index in [0.29, 0.717) is 10.0 Å². The van der Waals surface area contributed by atoms with E-state index in [1.807, 2.05) is 0 Å². The van der Waals surface area contributed by atoms with Gasteiger partial charge in [-0.05, 0) is 19.1 Å². The van der Waals surface area contributed by atoms with Gasteiger partial charge in [-0.1, -0.05) is 11.3 Å². The summed E-state index contributed by atoms with van der Waals surface area (Å²) < 4.78 is 38.8. The molecule has 1 aromatic carbocycles. The molecule has 0 radical (unpaired) electrons. The Balaban J connectivity index is 2.46. The second-order valence-corrected chi connectivity index (χ2v) is 4.98. The number of benzene rings is 1. The fourth-order valence-corrected chi connectivity index (χ4v) is 2.13. The fraction of sp³-hybridized carbons (Fsp3) is 0.200. The highest BCUT2D eigenvalue weighted by Gasteiger charge is 2.15. The van der Waals surface area contributed by atoms with Crippen LogP contribution in [0.5, 0.6) is 0 Å². The molecule has 1 unspecified atom stereocenters. The van der Waals surface area contributed by atoms with Crippen LogP contribution in [0, 0.1) is 17.5 Å². The van der Waals surface area contributed by atoms with Crippen molar-refractivity contribution in [1.82, 2.24) is 10.2 Å². The van der Waals surface area contributed by atoms with Gasteiger partial charge in [0.05, 0.1) is 5.38 Å². The van der Waals surface area contributed by atoms with Gasteiger partial charge in [0.1, 0.15) is 10.0 Å². The summed E-state index contributed by atoms with van der Waals surface area (Å²) in [5, 5.41) is 8.01. The minimum atomic E-state index is -1.50. The van der Waals surface area contributed by atoms with E-state index in [2.05, 4.69) is 10.2 Å². The summed E-state index contributed by atoms with van der Waals surface area (Å²) in [5.41, 5.74) is 0.141. The van der Waals surface area contributed by atoms with E-state index in [9.17, 15) is 13.2 Å². The predicted octanol–water partition coefficient (Wildman–Crippen LogP) is 3.92. The molecule has 0 aliphatic carbocycles. The number of halogens is 4. The van der Waals surface area contributed by atoms with Crippen LogP contribution in [0.2, 0.25) is 0 Å². The topological polar surface area (TPSA) is 25.8 Å². The third-order valence-electron chi connectivity index (χ3n) is 2.01. The zero-order valence-electron chi connectivity index (χ0n) is 8.55. The van der Waals surface area contributed by atoms with E-state index in [4.69, 9.17) is 11.6 Å². The molecule has 0 aliphatic heterocycles. The zero-order valence-corrected chi connectivity index (χ0v) is 10.1. The van der Waals surface area contributed by atoms with Crippen molar-refractivity contribution in [3.05, 3.63) is 34.6 Å². The number of hydrogen-bond donors (Lipinski definition) is 0. The fourth-order valence-electron chi connectivity index (χ4n) is 1.19. The third-order valence-corrected chi connectivity index (χ3v) is 3.50. The van der Waals surface area contributed by atoms with E-state index >= 15 is 0 Å². The largest absolute Gasteiger partial charge is 0.204 e. The Morgan fingerprint density at radius 1 is 1.18 bits per heavy atom. The van der Waals surface area contributed by atoms with Gasteiger partial charge in [-0.3, -0.25) is 0 Å². The monoisotopic (exact) mass is 278 g/mol. The Morgan fingerprint density at radius 3 is 2.24 bits per heavy atom. The Morgan fingerprint density at radius 2 is 1.76 bits per heavy atom. The molecule has 17 heavy (non-hydrogen) atoms. The van der Waals surface area contributed by atoms with Crippen LogP contribution >= 0.6 is 22.9 Å². The first-order valence-electron chi connectivity index (χ1n) is 4.61. The van der Waals surface area contributed by atoms with Crippen LogP contribution in [0.25, 0.3) is 10.6 Å². The highest BCUT2D eigenvalue weighted by molar-refractivity contribution is 7.15. The Kier molecular flexibility index (Phi) is 3.35. The number of aromatic nitrogens is 2. The van der Waals surface area contributed by atoms with E-state index in [-0.39, 0.29) is 10.9 Å². The molecule has 0 fully saturated rings. The van der Waals surface area contributed by atoms with E-state index < -0.39 is 17.5 Å². The lowest BCUT2D eigenvalue weighted by atomic mass is 10.2. The molecular formula is C10H6ClF3N2S. The van der Waals surface area contributed by atoms with Crippen molar-refractivity contribution in [1.29, 1.82) is 0 Å². The molecule has 0 saturated carbocycles. The molecule has 90 valence electrons. The average molecular weight is 279 g/mol. The summed E-state index contributed by atoms with van der Waals surface area (Å²) in [6.07, 6.45) is 0. The summed E-state index contributed by atoms with van der Waals surface area (Å²) in [6, 6.07) is 1.75. The second-order valence-electron chi connectivity index (χ2n) is 3.32. The van der Waals surface area contributed by atoms with Gasteiger partial charge in [-0.25, -0.2) is 13.2 Å². The lowest BCUT2D eigenvalue weighted by Gasteiger charge is -1.98. The molecule has 2 aromatic rings. The van der Waals surface area contributed by atoms with E-state index in [1.165, 1.54) is 0 Å². The molecule has 0 N–H and O–H groups in total. The number of hydrogen-bond acceptors (Lipinski definition) is 3. The normalized spacial score (nSPS) is 12.8. The molecule has 0 saturated heterocycles. The number of rotatable bonds is 2. The first kappa shape index (κ1) is 12.3. The van der Waals surface area contributed by atoms with Gasteiger partial charge in [-0.15, -0.1) is 21.8 Å². The molecule has 0 spiro atoms. The van der Waals surface area contributed by atoms with Crippen molar-refractivity contribution in [2.24, 2.45) is 0 Å². The molecule has 0 amide bonds. The average Bonchev–Trinajstić information content (AvgIpc) is 2.74. The van der Waals surface area contributed by atoms with Gasteiger partial charge in [0, 0.05) is 5.56 Å². The lowest BCUT2D eigenvalue weighted by molar-refractivity contribution is 0.447. The number of alkyl halides is 1. The van der Waals surface area contributed by atoms with Gasteiger partial charge in [0.2, 0.25) is 0 Å². The molecule has 2 rings (SSSR count). The van der Waals surface area contributed by atoms with Crippen LogP contribution in [0.3, 0.4) is 0 Å². The maximum absolute atomic E-state index is 13.0. The van der Waals surface area contributed by atoms with E-state index in [1.54, 1.807) is 6.92 Å². The maximum Gasteiger partial charge on any atom is 0.194 e. The standard InChI is InChI=1S/C10H6ClF3N2S/c1-4(11)9-15-16-10(17-9)5-2-6(12)8(14)7(13)3-5/h2-4H,1H3. The van der Waals surface area contributed by atoms with Crippen LogP contribution in [0.15, 0.2) is 12.1 Å². The SMILES string of the molecule is CC(Cl)c1nnc(-c2cc(F)c(F)c(F)c2)s1. The highest BCUT2D eigenvalue weighted by atomic mass is 35.5. The number of nitrogens with zero attached hydrogens (tertiary/aromatic N) is 2. The van der Waals surface area contributed by atoms with Crippen LogP contribution in [0.1, 0.15) is 17.3 Å². The predicted molar refractivity (Wildman–Crippen MR) is 59.5 cm³/mol.